The number of halogens is 2. The summed E-state index contributed by atoms with van der Waals surface area (Å²) in [7, 11) is 0. The van der Waals surface area contributed by atoms with Gasteiger partial charge in [-0.2, -0.15) is 0 Å². The summed E-state index contributed by atoms with van der Waals surface area (Å²) in [5, 5.41) is 2.13. The SMILES string of the molecule is O=C(COC(=O)CCC(=O)c1ccc2c(c1)CCCC2)Nc1cc(F)ccc1F. The van der Waals surface area contributed by atoms with Gasteiger partial charge in [0, 0.05) is 18.1 Å². The molecule has 1 aliphatic rings. The second kappa shape index (κ2) is 9.41. The van der Waals surface area contributed by atoms with Gasteiger partial charge in [0.1, 0.15) is 11.6 Å². The number of ketones is 1. The molecule has 0 fully saturated rings. The van der Waals surface area contributed by atoms with Crippen LogP contribution in [0.2, 0.25) is 0 Å². The van der Waals surface area contributed by atoms with Crippen molar-refractivity contribution in [3.05, 3.63) is 64.7 Å². The Morgan fingerprint density at radius 1 is 0.931 bits per heavy atom. The van der Waals surface area contributed by atoms with Gasteiger partial charge < -0.3 is 10.1 Å². The molecule has 1 amide bonds. The summed E-state index contributed by atoms with van der Waals surface area (Å²) >= 11 is 0. The van der Waals surface area contributed by atoms with E-state index in [1.165, 1.54) is 11.1 Å². The number of ether oxygens (including phenoxy) is 1. The monoisotopic (exact) mass is 401 g/mol. The van der Waals surface area contributed by atoms with Gasteiger partial charge in [-0.1, -0.05) is 12.1 Å². The molecular formula is C22H21F2NO4. The molecule has 152 valence electrons. The summed E-state index contributed by atoms with van der Waals surface area (Å²) in [4.78, 5) is 35.9. The summed E-state index contributed by atoms with van der Waals surface area (Å²) < 4.78 is 31.4. The molecule has 3 rings (SSSR count). The van der Waals surface area contributed by atoms with Crippen LogP contribution in [0.1, 0.15) is 47.2 Å². The highest BCUT2D eigenvalue weighted by Crippen LogP contribution is 2.23. The number of aryl methyl sites for hydroxylation is 2. The molecule has 0 saturated carbocycles. The highest BCUT2D eigenvalue weighted by Gasteiger charge is 2.16. The fourth-order valence-corrected chi connectivity index (χ4v) is 3.26. The minimum Gasteiger partial charge on any atom is -0.456 e. The van der Waals surface area contributed by atoms with E-state index in [-0.39, 0.29) is 24.3 Å². The lowest BCUT2D eigenvalue weighted by molar-refractivity contribution is -0.147. The molecule has 1 aliphatic carbocycles. The van der Waals surface area contributed by atoms with Gasteiger partial charge in [0.15, 0.2) is 12.4 Å². The van der Waals surface area contributed by atoms with Crippen LogP contribution >= 0.6 is 0 Å². The first-order valence-corrected chi connectivity index (χ1v) is 9.48. The first-order valence-electron chi connectivity index (χ1n) is 9.48. The van der Waals surface area contributed by atoms with Crippen molar-refractivity contribution in [2.75, 3.05) is 11.9 Å². The second-order valence-electron chi connectivity index (χ2n) is 6.95. The Hall–Kier alpha value is -3.09. The maximum Gasteiger partial charge on any atom is 0.306 e. The van der Waals surface area contributed by atoms with Gasteiger partial charge in [0.25, 0.3) is 5.91 Å². The Labute approximate surface area is 167 Å². The zero-order valence-corrected chi connectivity index (χ0v) is 15.8. The van der Waals surface area contributed by atoms with E-state index < -0.39 is 30.1 Å². The van der Waals surface area contributed by atoms with E-state index in [1.807, 2.05) is 12.1 Å². The normalized spacial score (nSPS) is 12.8. The molecule has 5 nitrogen and oxygen atoms in total. The van der Waals surface area contributed by atoms with E-state index >= 15 is 0 Å². The number of hydrogen-bond acceptors (Lipinski definition) is 4. The van der Waals surface area contributed by atoms with Crippen LogP contribution in [0, 0.1) is 11.6 Å². The number of fused-ring (bicyclic) bond motifs is 1. The molecular weight excluding hydrogens is 380 g/mol. The van der Waals surface area contributed by atoms with Crippen LogP contribution in [0.25, 0.3) is 0 Å². The maximum atomic E-state index is 13.5. The van der Waals surface area contributed by atoms with Crippen LogP contribution in [0.15, 0.2) is 36.4 Å². The Balaban J connectivity index is 1.44. The molecule has 0 aromatic heterocycles. The predicted molar refractivity (Wildman–Crippen MR) is 103 cm³/mol. The van der Waals surface area contributed by atoms with Crippen molar-refractivity contribution >= 4 is 23.3 Å². The fraction of sp³-hybridized carbons (Fsp3) is 0.318. The van der Waals surface area contributed by atoms with Gasteiger partial charge >= 0.3 is 5.97 Å². The maximum absolute atomic E-state index is 13.5. The Morgan fingerprint density at radius 2 is 1.69 bits per heavy atom. The van der Waals surface area contributed by atoms with Crippen LogP contribution in [0.4, 0.5) is 14.5 Å². The summed E-state index contributed by atoms with van der Waals surface area (Å²) in [6.45, 7) is -0.651. The third-order valence-electron chi connectivity index (χ3n) is 4.79. The zero-order chi connectivity index (χ0) is 20.8. The van der Waals surface area contributed by atoms with Gasteiger partial charge in [-0.05, 0) is 55.0 Å². The number of rotatable bonds is 7. The topological polar surface area (TPSA) is 72.5 Å². The Kier molecular flexibility index (Phi) is 6.69. The van der Waals surface area contributed by atoms with Crippen molar-refractivity contribution in [3.63, 3.8) is 0 Å². The van der Waals surface area contributed by atoms with Crippen molar-refractivity contribution in [2.45, 2.75) is 38.5 Å². The average Bonchev–Trinajstić information content (AvgIpc) is 2.72. The standard InChI is InChI=1S/C22H21F2NO4/c23-17-7-8-18(24)19(12-17)25-21(27)13-29-22(28)10-9-20(26)16-6-5-14-3-1-2-4-15(14)11-16/h5-8,11-12H,1-4,9-10,13H2,(H,25,27). The first-order chi connectivity index (χ1) is 13.9. The second-order valence-corrected chi connectivity index (χ2v) is 6.95. The largest absolute Gasteiger partial charge is 0.456 e. The molecule has 7 heteroatoms. The van der Waals surface area contributed by atoms with Gasteiger partial charge in [0.05, 0.1) is 12.1 Å². The lowest BCUT2D eigenvalue weighted by Gasteiger charge is -2.16. The highest BCUT2D eigenvalue weighted by atomic mass is 19.1. The van der Waals surface area contributed by atoms with E-state index in [0.29, 0.717) is 5.56 Å². The predicted octanol–water partition coefficient (Wildman–Crippen LogP) is 3.99. The Morgan fingerprint density at radius 3 is 2.48 bits per heavy atom. The molecule has 0 aliphatic heterocycles. The van der Waals surface area contributed by atoms with Gasteiger partial charge in [0.2, 0.25) is 0 Å². The number of anilines is 1. The van der Waals surface area contributed by atoms with Crippen molar-refractivity contribution < 1.29 is 27.9 Å². The van der Waals surface area contributed by atoms with Crippen molar-refractivity contribution in [2.24, 2.45) is 0 Å². The van der Waals surface area contributed by atoms with Crippen LogP contribution in [0.3, 0.4) is 0 Å². The lowest BCUT2D eigenvalue weighted by Crippen LogP contribution is -2.21. The molecule has 1 N–H and O–H groups in total. The Bertz CT molecular complexity index is 942. The smallest absolute Gasteiger partial charge is 0.306 e. The number of esters is 1. The fourth-order valence-electron chi connectivity index (χ4n) is 3.26. The van der Waals surface area contributed by atoms with Gasteiger partial charge in [-0.25, -0.2) is 8.78 Å². The van der Waals surface area contributed by atoms with Crippen molar-refractivity contribution in [1.29, 1.82) is 0 Å². The summed E-state index contributed by atoms with van der Waals surface area (Å²) in [6.07, 6.45) is 4.05. The average molecular weight is 401 g/mol. The van der Waals surface area contributed by atoms with E-state index in [0.717, 1.165) is 43.9 Å². The lowest BCUT2D eigenvalue weighted by atomic mass is 9.89. The van der Waals surface area contributed by atoms with Gasteiger partial charge in [-0.3, -0.25) is 14.4 Å². The van der Waals surface area contributed by atoms with Crippen molar-refractivity contribution in [1.82, 2.24) is 0 Å². The number of carbonyl (C=O) groups is 3. The highest BCUT2D eigenvalue weighted by molar-refractivity contribution is 5.98. The molecule has 0 unspecified atom stereocenters. The van der Waals surface area contributed by atoms with Crippen LogP contribution in [0.5, 0.6) is 0 Å². The van der Waals surface area contributed by atoms with E-state index in [2.05, 4.69) is 5.32 Å². The summed E-state index contributed by atoms with van der Waals surface area (Å²) in [6, 6.07) is 8.26. The third-order valence-corrected chi connectivity index (χ3v) is 4.79. The molecule has 0 atom stereocenters. The number of Topliss-reactive ketones (excluding diaryl/α,β-unsaturated/α-hetero) is 1. The summed E-state index contributed by atoms with van der Waals surface area (Å²) in [5.41, 5.74) is 2.69. The van der Waals surface area contributed by atoms with Gasteiger partial charge in [-0.15, -0.1) is 0 Å². The molecule has 29 heavy (non-hydrogen) atoms. The van der Waals surface area contributed by atoms with E-state index in [9.17, 15) is 23.2 Å². The van der Waals surface area contributed by atoms with Crippen LogP contribution in [-0.4, -0.2) is 24.3 Å². The number of amides is 1. The number of hydrogen-bond donors (Lipinski definition) is 1. The van der Waals surface area contributed by atoms with Crippen LogP contribution < -0.4 is 5.32 Å². The van der Waals surface area contributed by atoms with E-state index in [1.54, 1.807) is 6.07 Å². The number of nitrogens with one attached hydrogen (secondary N) is 1. The van der Waals surface area contributed by atoms with Crippen molar-refractivity contribution in [3.8, 4) is 0 Å². The molecule has 0 radical (unpaired) electrons. The molecule has 0 saturated heterocycles. The summed E-state index contributed by atoms with van der Waals surface area (Å²) in [5.74, 6) is -3.20. The molecule has 2 aromatic carbocycles. The minimum absolute atomic E-state index is 0.0300. The zero-order valence-electron chi connectivity index (χ0n) is 15.8. The molecule has 0 spiro atoms. The van der Waals surface area contributed by atoms with Crippen LogP contribution in [-0.2, 0) is 27.2 Å². The minimum atomic E-state index is -0.804. The first kappa shape index (κ1) is 20.6. The number of carbonyl (C=O) groups excluding carboxylic acids is 3. The number of benzene rings is 2. The molecule has 2 aromatic rings. The molecule has 0 bridgehead atoms. The third kappa shape index (κ3) is 5.70. The molecule has 0 heterocycles. The van der Waals surface area contributed by atoms with E-state index in [4.69, 9.17) is 4.74 Å². The quantitative estimate of drug-likeness (QED) is 0.563.